The lowest BCUT2D eigenvalue weighted by molar-refractivity contribution is -0.129. The minimum absolute atomic E-state index is 0. The minimum Gasteiger partial charge on any atom is -0.497 e. The Morgan fingerprint density at radius 3 is 2.88 bits per heavy atom. The molecule has 0 spiro atoms. The molecule has 1 aromatic rings. The number of amides is 1. The van der Waals surface area contributed by atoms with E-state index in [-0.39, 0.29) is 35.9 Å². The second-order valence-corrected chi connectivity index (χ2v) is 5.87. The molecule has 0 aromatic heterocycles. The van der Waals surface area contributed by atoms with Gasteiger partial charge in [0.1, 0.15) is 5.75 Å². The Hall–Kier alpha value is -1.51. The predicted octanol–water partition coefficient (Wildman–Crippen LogP) is 2.38. The number of ether oxygens (including phenoxy) is 1. The van der Waals surface area contributed by atoms with Crippen molar-refractivity contribution < 1.29 is 9.53 Å². The van der Waals surface area contributed by atoms with Gasteiger partial charge in [0.05, 0.1) is 13.7 Å². The molecule has 1 fully saturated rings. The van der Waals surface area contributed by atoms with Crippen LogP contribution in [0, 0.1) is 0 Å². The summed E-state index contributed by atoms with van der Waals surface area (Å²) >= 11 is 0. The van der Waals surface area contributed by atoms with Crippen LogP contribution in [-0.4, -0.2) is 49.6 Å². The zero-order chi connectivity index (χ0) is 17.4. The molecule has 1 aliphatic heterocycles. The maximum atomic E-state index is 11.8. The number of hydrogen-bond donors (Lipinski definition) is 2. The molecule has 0 aliphatic carbocycles. The van der Waals surface area contributed by atoms with Gasteiger partial charge in [-0.25, -0.2) is 4.99 Å². The first-order chi connectivity index (χ1) is 11.7. The van der Waals surface area contributed by atoms with E-state index in [1.54, 1.807) is 7.11 Å². The van der Waals surface area contributed by atoms with Gasteiger partial charge in [0.25, 0.3) is 0 Å². The van der Waals surface area contributed by atoms with Crippen LogP contribution in [0.4, 0.5) is 0 Å². The van der Waals surface area contributed by atoms with Gasteiger partial charge >= 0.3 is 0 Å². The number of carbonyl (C=O) groups is 1. The topological polar surface area (TPSA) is 66.0 Å². The Labute approximate surface area is 167 Å². The predicted molar refractivity (Wildman–Crippen MR) is 112 cm³/mol. The van der Waals surface area contributed by atoms with Crippen LogP contribution >= 0.6 is 24.0 Å². The molecule has 1 aliphatic rings. The number of nitrogens with zero attached hydrogens (tertiary/aromatic N) is 2. The van der Waals surface area contributed by atoms with E-state index in [2.05, 4.69) is 15.6 Å². The van der Waals surface area contributed by atoms with Gasteiger partial charge in [-0.2, -0.15) is 0 Å². The molecular weight excluding hydrogens is 431 g/mol. The summed E-state index contributed by atoms with van der Waals surface area (Å²) in [5.74, 6) is 1.85. The summed E-state index contributed by atoms with van der Waals surface area (Å²) in [5.41, 5.74) is 1.10. The summed E-state index contributed by atoms with van der Waals surface area (Å²) in [6.07, 6.45) is 1.52. The fourth-order valence-electron chi connectivity index (χ4n) is 2.78. The normalized spacial score (nSPS) is 17.0. The lowest BCUT2D eigenvalue weighted by atomic mass is 10.2. The van der Waals surface area contributed by atoms with Gasteiger partial charge in [0.2, 0.25) is 5.91 Å². The second-order valence-electron chi connectivity index (χ2n) is 5.87. The number of nitrogens with one attached hydrogen (secondary N) is 2. The van der Waals surface area contributed by atoms with Crippen molar-refractivity contribution in [1.29, 1.82) is 0 Å². The number of carbonyl (C=O) groups excluding carboxylic acids is 1. The van der Waals surface area contributed by atoms with E-state index in [1.165, 1.54) is 0 Å². The zero-order valence-electron chi connectivity index (χ0n) is 15.2. The molecule has 25 heavy (non-hydrogen) atoms. The number of aliphatic imine (C=N–C) groups is 1. The van der Waals surface area contributed by atoms with Crippen LogP contribution in [0.5, 0.6) is 5.75 Å². The van der Waals surface area contributed by atoms with Crippen LogP contribution in [-0.2, 0) is 11.3 Å². The summed E-state index contributed by atoms with van der Waals surface area (Å²) in [6.45, 7) is 6.90. The lowest BCUT2D eigenvalue weighted by Crippen LogP contribution is -2.45. The van der Waals surface area contributed by atoms with Crippen LogP contribution in [0.3, 0.4) is 0 Å². The van der Waals surface area contributed by atoms with E-state index in [0.29, 0.717) is 13.0 Å². The number of rotatable bonds is 6. The highest BCUT2D eigenvalue weighted by atomic mass is 127. The number of hydrogen-bond acceptors (Lipinski definition) is 3. The Bertz CT molecular complexity index is 580. The van der Waals surface area contributed by atoms with E-state index in [4.69, 9.17) is 4.74 Å². The van der Waals surface area contributed by atoms with Crippen molar-refractivity contribution in [2.45, 2.75) is 39.3 Å². The lowest BCUT2D eigenvalue weighted by Gasteiger charge is -2.18. The van der Waals surface area contributed by atoms with Crippen molar-refractivity contribution in [3.05, 3.63) is 29.8 Å². The van der Waals surface area contributed by atoms with E-state index in [0.717, 1.165) is 43.3 Å². The monoisotopic (exact) mass is 460 g/mol. The molecule has 1 saturated heterocycles. The first-order valence-electron chi connectivity index (χ1n) is 8.61. The average molecular weight is 460 g/mol. The molecule has 0 saturated carbocycles. The van der Waals surface area contributed by atoms with E-state index in [9.17, 15) is 4.79 Å². The fourth-order valence-corrected chi connectivity index (χ4v) is 2.78. The number of halogens is 1. The van der Waals surface area contributed by atoms with Gasteiger partial charge in [-0.3, -0.25) is 4.79 Å². The highest BCUT2D eigenvalue weighted by Gasteiger charge is 2.25. The number of benzene rings is 1. The largest absolute Gasteiger partial charge is 0.497 e. The maximum absolute atomic E-state index is 11.8. The van der Waals surface area contributed by atoms with Crippen molar-refractivity contribution in [1.82, 2.24) is 15.5 Å². The van der Waals surface area contributed by atoms with Crippen LogP contribution < -0.4 is 15.4 Å². The summed E-state index contributed by atoms with van der Waals surface area (Å²) < 4.78 is 5.24. The Kier molecular flexibility index (Phi) is 9.62. The van der Waals surface area contributed by atoms with Gasteiger partial charge < -0.3 is 20.3 Å². The quantitative estimate of drug-likeness (QED) is 0.389. The molecule has 0 bridgehead atoms. The van der Waals surface area contributed by atoms with Crippen molar-refractivity contribution in [2.75, 3.05) is 26.7 Å². The minimum atomic E-state index is 0. The van der Waals surface area contributed by atoms with Crippen molar-refractivity contribution in [2.24, 2.45) is 4.99 Å². The molecule has 7 heteroatoms. The Morgan fingerprint density at radius 2 is 2.20 bits per heavy atom. The average Bonchev–Trinajstić information content (AvgIpc) is 3.08. The molecule has 1 amide bonds. The summed E-state index contributed by atoms with van der Waals surface area (Å²) in [5, 5.41) is 6.71. The molecule has 0 radical (unpaired) electrons. The van der Waals surface area contributed by atoms with Gasteiger partial charge in [0.15, 0.2) is 5.96 Å². The summed E-state index contributed by atoms with van der Waals surface area (Å²) in [7, 11) is 1.66. The van der Waals surface area contributed by atoms with Gasteiger partial charge in [0, 0.05) is 32.1 Å². The molecular formula is C18H29IN4O2. The first kappa shape index (κ1) is 21.5. The van der Waals surface area contributed by atoms with E-state index >= 15 is 0 Å². The van der Waals surface area contributed by atoms with Gasteiger partial charge in [-0.15, -0.1) is 24.0 Å². The number of guanidine groups is 1. The molecule has 2 rings (SSSR count). The molecule has 1 aromatic carbocycles. The third kappa shape index (κ3) is 6.72. The van der Waals surface area contributed by atoms with E-state index < -0.39 is 0 Å². The molecule has 1 heterocycles. The third-order valence-electron chi connectivity index (χ3n) is 4.08. The van der Waals surface area contributed by atoms with Crippen LogP contribution in [0.2, 0.25) is 0 Å². The Balaban J connectivity index is 0.00000312. The second kappa shape index (κ2) is 11.2. The van der Waals surface area contributed by atoms with Gasteiger partial charge in [-0.05, 0) is 31.0 Å². The fraction of sp³-hybridized carbons (Fsp3) is 0.556. The molecule has 1 atom stereocenters. The van der Waals surface area contributed by atoms with Crippen LogP contribution in [0.15, 0.2) is 29.3 Å². The van der Waals surface area contributed by atoms with E-state index in [1.807, 2.05) is 43.0 Å². The van der Waals surface area contributed by atoms with Crippen LogP contribution in [0.25, 0.3) is 0 Å². The Morgan fingerprint density at radius 1 is 1.40 bits per heavy atom. The first-order valence-corrected chi connectivity index (χ1v) is 8.61. The maximum Gasteiger partial charge on any atom is 0.222 e. The summed E-state index contributed by atoms with van der Waals surface area (Å²) in [4.78, 5) is 18.4. The molecule has 6 nitrogen and oxygen atoms in total. The van der Waals surface area contributed by atoms with Crippen molar-refractivity contribution >= 4 is 35.8 Å². The van der Waals surface area contributed by atoms with Crippen LogP contribution in [0.1, 0.15) is 32.3 Å². The number of methoxy groups -OCH3 is 1. The molecule has 1 unspecified atom stereocenters. The standard InChI is InChI=1S/C18H28N4O2.HI/c1-4-17(23)22-10-9-15(13-22)21-18(19-5-2)20-12-14-7-6-8-16(11-14)24-3;/h6-8,11,15H,4-5,9-10,12-13H2,1-3H3,(H2,19,20,21);1H. The smallest absolute Gasteiger partial charge is 0.222 e. The highest BCUT2D eigenvalue weighted by Crippen LogP contribution is 2.13. The highest BCUT2D eigenvalue weighted by molar-refractivity contribution is 14.0. The van der Waals surface area contributed by atoms with Crippen molar-refractivity contribution in [3.63, 3.8) is 0 Å². The molecule has 2 N–H and O–H groups in total. The van der Waals surface area contributed by atoms with Gasteiger partial charge in [-0.1, -0.05) is 19.1 Å². The SMILES string of the molecule is CCNC(=NCc1cccc(OC)c1)NC1CCN(C(=O)CC)C1.I. The number of likely N-dealkylation sites (tertiary alicyclic amines) is 1. The molecule has 140 valence electrons. The third-order valence-corrected chi connectivity index (χ3v) is 4.08. The zero-order valence-corrected chi connectivity index (χ0v) is 17.6. The summed E-state index contributed by atoms with van der Waals surface area (Å²) in [6, 6.07) is 8.17. The van der Waals surface area contributed by atoms with Crippen molar-refractivity contribution in [3.8, 4) is 5.75 Å².